The molecule has 0 unspecified atom stereocenters. The summed E-state index contributed by atoms with van der Waals surface area (Å²) in [5, 5.41) is 2.64. The molecule has 0 spiro atoms. The topological polar surface area (TPSA) is 52.7 Å². The van der Waals surface area contributed by atoms with E-state index < -0.39 is 11.6 Å². The summed E-state index contributed by atoms with van der Waals surface area (Å²) in [4.78, 5) is 26.4. The number of likely N-dealkylation sites (N-methyl/N-ethyl adjacent to an activating group) is 1. The summed E-state index contributed by atoms with van der Waals surface area (Å²) in [6.07, 6.45) is 0. The number of benzene rings is 1. The maximum Gasteiger partial charge on any atom is 0.239 e. The quantitative estimate of drug-likeness (QED) is 0.873. The van der Waals surface area contributed by atoms with Crippen molar-refractivity contribution in [3.05, 3.63) is 35.4 Å². The van der Waals surface area contributed by atoms with Gasteiger partial charge in [-0.05, 0) is 13.1 Å². The Hall–Kier alpha value is -2.02. The summed E-state index contributed by atoms with van der Waals surface area (Å²) in [7, 11) is 1.67. The molecular weight excluding hydrogens is 280 g/mol. The zero-order chi connectivity index (χ0) is 15.4. The van der Waals surface area contributed by atoms with Crippen LogP contribution in [0.1, 0.15) is 5.56 Å². The van der Waals surface area contributed by atoms with Crippen molar-refractivity contribution in [1.29, 1.82) is 0 Å². The Bertz CT molecular complexity index is 551. The smallest absolute Gasteiger partial charge is 0.239 e. The van der Waals surface area contributed by atoms with Gasteiger partial charge < -0.3 is 10.2 Å². The molecule has 0 aliphatic carbocycles. The highest BCUT2D eigenvalue weighted by Gasteiger charge is 2.22. The Balaban J connectivity index is 1.90. The van der Waals surface area contributed by atoms with Crippen molar-refractivity contribution in [3.63, 3.8) is 0 Å². The van der Waals surface area contributed by atoms with Crippen LogP contribution < -0.4 is 5.32 Å². The Morgan fingerprint density at radius 1 is 1.43 bits per heavy atom. The molecule has 0 bridgehead atoms. The predicted molar refractivity (Wildman–Crippen MR) is 72.3 cm³/mol. The van der Waals surface area contributed by atoms with E-state index in [0.717, 1.165) is 6.07 Å². The second-order valence-corrected chi connectivity index (χ2v) is 5.07. The number of nitrogens with one attached hydrogen (secondary N) is 1. The predicted octanol–water partition coefficient (Wildman–Crippen LogP) is 0.355. The Labute approximate surface area is 121 Å². The van der Waals surface area contributed by atoms with Gasteiger partial charge in [0, 0.05) is 31.3 Å². The summed E-state index contributed by atoms with van der Waals surface area (Å²) in [5.74, 6) is -1.63. The van der Waals surface area contributed by atoms with E-state index in [1.165, 1.54) is 17.0 Å². The molecule has 1 aromatic rings. The van der Waals surface area contributed by atoms with Crippen molar-refractivity contribution < 1.29 is 18.4 Å². The van der Waals surface area contributed by atoms with Crippen molar-refractivity contribution in [2.24, 2.45) is 0 Å². The van der Waals surface area contributed by atoms with Gasteiger partial charge >= 0.3 is 0 Å². The molecule has 0 atom stereocenters. The normalized spacial score (nSPS) is 15.2. The number of carbonyl (C=O) groups excluding carboxylic acids is 2. The zero-order valence-electron chi connectivity index (χ0n) is 11.7. The number of rotatable bonds is 4. The number of hydrogen-bond acceptors (Lipinski definition) is 3. The van der Waals surface area contributed by atoms with Crippen LogP contribution in [0, 0.1) is 11.6 Å². The molecule has 21 heavy (non-hydrogen) atoms. The van der Waals surface area contributed by atoms with Gasteiger partial charge in [0.2, 0.25) is 11.8 Å². The lowest BCUT2D eigenvalue weighted by molar-refractivity contribution is -0.138. The second kappa shape index (κ2) is 6.62. The number of hydrogen-bond donors (Lipinski definition) is 1. The van der Waals surface area contributed by atoms with E-state index in [4.69, 9.17) is 0 Å². The highest BCUT2D eigenvalue weighted by atomic mass is 19.1. The van der Waals surface area contributed by atoms with E-state index in [1.54, 1.807) is 11.9 Å². The Morgan fingerprint density at radius 2 is 2.19 bits per heavy atom. The number of nitrogens with zero attached hydrogens (tertiary/aromatic N) is 2. The third-order valence-electron chi connectivity index (χ3n) is 3.25. The van der Waals surface area contributed by atoms with Crippen LogP contribution in [0.3, 0.4) is 0 Å². The van der Waals surface area contributed by atoms with Gasteiger partial charge in [-0.15, -0.1) is 0 Å². The van der Waals surface area contributed by atoms with E-state index in [0.29, 0.717) is 18.7 Å². The summed E-state index contributed by atoms with van der Waals surface area (Å²) in [6.45, 7) is 1.24. The third kappa shape index (κ3) is 4.22. The number of halogens is 2. The molecule has 7 heteroatoms. The first-order valence-corrected chi connectivity index (χ1v) is 6.62. The van der Waals surface area contributed by atoms with Crippen LogP contribution in [-0.4, -0.2) is 54.8 Å². The lowest BCUT2D eigenvalue weighted by Gasteiger charge is -2.28. The molecule has 0 aromatic heterocycles. The van der Waals surface area contributed by atoms with E-state index in [2.05, 4.69) is 5.32 Å². The molecule has 114 valence electrons. The van der Waals surface area contributed by atoms with Gasteiger partial charge in [0.15, 0.2) is 0 Å². The molecule has 2 rings (SSSR count). The van der Waals surface area contributed by atoms with Crippen molar-refractivity contribution >= 4 is 11.8 Å². The van der Waals surface area contributed by atoms with Crippen molar-refractivity contribution in [1.82, 2.24) is 15.1 Å². The van der Waals surface area contributed by atoms with Crippen LogP contribution in [0.5, 0.6) is 0 Å². The first kappa shape index (κ1) is 15.4. The number of piperazine rings is 1. The highest BCUT2D eigenvalue weighted by Crippen LogP contribution is 2.11. The van der Waals surface area contributed by atoms with E-state index in [1.807, 2.05) is 0 Å². The molecule has 0 radical (unpaired) electrons. The molecule has 1 fully saturated rings. The van der Waals surface area contributed by atoms with E-state index in [-0.39, 0.29) is 31.4 Å². The summed E-state index contributed by atoms with van der Waals surface area (Å²) in [5.41, 5.74) is 0.322. The highest BCUT2D eigenvalue weighted by molar-refractivity contribution is 5.86. The van der Waals surface area contributed by atoms with Crippen LogP contribution >= 0.6 is 0 Å². The molecule has 1 aliphatic heterocycles. The lowest BCUT2D eigenvalue weighted by atomic mass is 10.2. The molecule has 1 heterocycles. The van der Waals surface area contributed by atoms with Gasteiger partial charge in [-0.25, -0.2) is 8.78 Å². The fourth-order valence-corrected chi connectivity index (χ4v) is 2.18. The van der Waals surface area contributed by atoms with Crippen LogP contribution in [0.2, 0.25) is 0 Å². The zero-order valence-corrected chi connectivity index (χ0v) is 11.7. The number of carbonyl (C=O) groups is 2. The van der Waals surface area contributed by atoms with Crippen molar-refractivity contribution in [3.8, 4) is 0 Å². The maximum atomic E-state index is 13.5. The minimum absolute atomic E-state index is 0.0532. The van der Waals surface area contributed by atoms with Gasteiger partial charge in [0.05, 0.1) is 13.1 Å². The standard InChI is InChI=1S/C14H17F2N3O2/c1-18(7-10-2-3-11(15)6-12(10)16)9-14(21)19-5-4-17-13(20)8-19/h2-3,6H,4-5,7-9H2,1H3,(H,17,20). The van der Waals surface area contributed by atoms with Gasteiger partial charge in [-0.3, -0.25) is 14.5 Å². The van der Waals surface area contributed by atoms with Crippen LogP contribution in [0.15, 0.2) is 18.2 Å². The fourth-order valence-electron chi connectivity index (χ4n) is 2.18. The van der Waals surface area contributed by atoms with Crippen molar-refractivity contribution in [2.45, 2.75) is 6.54 Å². The number of amides is 2. The lowest BCUT2D eigenvalue weighted by Crippen LogP contribution is -2.52. The van der Waals surface area contributed by atoms with E-state index in [9.17, 15) is 18.4 Å². The fraction of sp³-hybridized carbons (Fsp3) is 0.429. The van der Waals surface area contributed by atoms with Crippen molar-refractivity contribution in [2.75, 3.05) is 33.2 Å². The molecule has 1 aliphatic rings. The van der Waals surface area contributed by atoms with Gasteiger partial charge in [0.25, 0.3) is 0 Å². The monoisotopic (exact) mass is 297 g/mol. The molecule has 1 N–H and O–H groups in total. The summed E-state index contributed by atoms with van der Waals surface area (Å²) >= 11 is 0. The first-order chi connectivity index (χ1) is 9.95. The summed E-state index contributed by atoms with van der Waals surface area (Å²) < 4.78 is 26.4. The molecule has 2 amide bonds. The average molecular weight is 297 g/mol. The molecule has 1 aromatic carbocycles. The molecule has 1 saturated heterocycles. The Kier molecular flexibility index (Phi) is 4.85. The third-order valence-corrected chi connectivity index (χ3v) is 3.25. The van der Waals surface area contributed by atoms with Gasteiger partial charge in [-0.2, -0.15) is 0 Å². The molecular formula is C14H17F2N3O2. The van der Waals surface area contributed by atoms with Crippen LogP contribution in [0.25, 0.3) is 0 Å². The van der Waals surface area contributed by atoms with Crippen LogP contribution in [-0.2, 0) is 16.1 Å². The SMILES string of the molecule is CN(CC(=O)N1CCNC(=O)C1)Cc1ccc(F)cc1F. The minimum atomic E-state index is -0.633. The maximum absolute atomic E-state index is 13.5. The van der Waals surface area contributed by atoms with E-state index >= 15 is 0 Å². The largest absolute Gasteiger partial charge is 0.353 e. The average Bonchev–Trinajstić information content (AvgIpc) is 2.42. The molecule has 0 saturated carbocycles. The summed E-state index contributed by atoms with van der Waals surface area (Å²) in [6, 6.07) is 3.36. The van der Waals surface area contributed by atoms with Gasteiger partial charge in [-0.1, -0.05) is 6.07 Å². The minimum Gasteiger partial charge on any atom is -0.353 e. The van der Waals surface area contributed by atoms with Crippen LogP contribution in [0.4, 0.5) is 8.78 Å². The Morgan fingerprint density at radius 3 is 2.86 bits per heavy atom. The first-order valence-electron chi connectivity index (χ1n) is 6.62. The van der Waals surface area contributed by atoms with Gasteiger partial charge in [0.1, 0.15) is 11.6 Å². The molecule has 5 nitrogen and oxygen atoms in total. The second-order valence-electron chi connectivity index (χ2n) is 5.07.